The molecular formula is C17H18FNOS2. The number of thioether (sulfide) groups is 2. The average Bonchev–Trinajstić information content (AvgIpc) is 2.56. The van der Waals surface area contributed by atoms with E-state index < -0.39 is 0 Å². The molecule has 0 aromatic heterocycles. The van der Waals surface area contributed by atoms with E-state index in [1.165, 1.54) is 6.07 Å². The van der Waals surface area contributed by atoms with Crippen LogP contribution in [0.2, 0.25) is 0 Å². The molecule has 2 nitrogen and oxygen atoms in total. The molecule has 22 heavy (non-hydrogen) atoms. The van der Waals surface area contributed by atoms with Crippen LogP contribution in [0.4, 0.5) is 4.39 Å². The first-order chi connectivity index (χ1) is 10.7. The number of nitrogens with one attached hydrogen (secondary N) is 1. The standard InChI is InChI=1S/C17H18FNOS2/c1-21-15-8-6-13(7-9-15)17(20)19-10-11-22-12-14-4-2-3-5-16(14)18/h2-9H,10-12H2,1H3,(H,19,20). The van der Waals surface area contributed by atoms with Gasteiger partial charge in [0.05, 0.1) is 0 Å². The lowest BCUT2D eigenvalue weighted by Crippen LogP contribution is -2.25. The van der Waals surface area contributed by atoms with E-state index in [1.807, 2.05) is 36.6 Å². The molecule has 2 aromatic carbocycles. The summed E-state index contributed by atoms with van der Waals surface area (Å²) in [6.07, 6.45) is 2.00. The molecular weight excluding hydrogens is 317 g/mol. The summed E-state index contributed by atoms with van der Waals surface area (Å²) in [5, 5.41) is 2.88. The zero-order valence-corrected chi connectivity index (χ0v) is 14.0. The molecule has 0 spiro atoms. The minimum Gasteiger partial charge on any atom is -0.351 e. The fourth-order valence-corrected chi connectivity index (χ4v) is 3.13. The molecule has 1 amide bonds. The van der Waals surface area contributed by atoms with Gasteiger partial charge in [0.1, 0.15) is 5.82 Å². The monoisotopic (exact) mass is 335 g/mol. The van der Waals surface area contributed by atoms with Crippen LogP contribution in [0.3, 0.4) is 0 Å². The third kappa shape index (κ3) is 5.07. The van der Waals surface area contributed by atoms with Gasteiger partial charge >= 0.3 is 0 Å². The topological polar surface area (TPSA) is 29.1 Å². The van der Waals surface area contributed by atoms with Gasteiger partial charge in [-0.2, -0.15) is 11.8 Å². The SMILES string of the molecule is CSc1ccc(C(=O)NCCSCc2ccccc2F)cc1. The average molecular weight is 335 g/mol. The van der Waals surface area contributed by atoms with Crippen LogP contribution in [-0.2, 0) is 5.75 Å². The molecule has 0 bridgehead atoms. The lowest BCUT2D eigenvalue weighted by molar-refractivity contribution is 0.0956. The van der Waals surface area contributed by atoms with Crippen molar-refractivity contribution in [1.82, 2.24) is 5.32 Å². The number of hydrogen-bond donors (Lipinski definition) is 1. The van der Waals surface area contributed by atoms with Gasteiger partial charge in [-0.1, -0.05) is 18.2 Å². The quantitative estimate of drug-likeness (QED) is 0.607. The minimum atomic E-state index is -0.173. The highest BCUT2D eigenvalue weighted by atomic mass is 32.2. The van der Waals surface area contributed by atoms with E-state index in [-0.39, 0.29) is 11.7 Å². The summed E-state index contributed by atoms with van der Waals surface area (Å²) in [7, 11) is 0. The fraction of sp³-hybridized carbons (Fsp3) is 0.235. The number of hydrogen-bond acceptors (Lipinski definition) is 3. The van der Waals surface area contributed by atoms with Crippen LogP contribution in [0.1, 0.15) is 15.9 Å². The normalized spacial score (nSPS) is 10.5. The summed E-state index contributed by atoms with van der Waals surface area (Å²) in [6.45, 7) is 0.572. The number of carbonyl (C=O) groups excluding carboxylic acids is 1. The first-order valence-corrected chi connectivity index (χ1v) is 9.32. The number of rotatable bonds is 7. The minimum absolute atomic E-state index is 0.0702. The van der Waals surface area contributed by atoms with Gasteiger partial charge in [0.15, 0.2) is 0 Å². The molecule has 5 heteroatoms. The van der Waals surface area contributed by atoms with Crippen molar-refractivity contribution in [3.63, 3.8) is 0 Å². The molecule has 0 aliphatic heterocycles. The van der Waals surface area contributed by atoms with Gasteiger partial charge in [-0.15, -0.1) is 11.8 Å². The van der Waals surface area contributed by atoms with Crippen molar-refractivity contribution in [3.8, 4) is 0 Å². The maximum atomic E-state index is 13.4. The Kier molecular flexibility index (Phi) is 6.80. The zero-order valence-electron chi connectivity index (χ0n) is 12.3. The summed E-state index contributed by atoms with van der Waals surface area (Å²) in [5.41, 5.74) is 1.36. The van der Waals surface area contributed by atoms with Gasteiger partial charge in [0.25, 0.3) is 5.91 Å². The van der Waals surface area contributed by atoms with E-state index in [2.05, 4.69) is 5.32 Å². The molecule has 0 fully saturated rings. The van der Waals surface area contributed by atoms with Crippen molar-refractivity contribution in [2.45, 2.75) is 10.6 Å². The summed E-state index contributed by atoms with van der Waals surface area (Å²) >= 11 is 3.25. The molecule has 2 rings (SSSR count). The smallest absolute Gasteiger partial charge is 0.251 e. The molecule has 0 atom stereocenters. The Morgan fingerprint density at radius 2 is 1.86 bits per heavy atom. The van der Waals surface area contributed by atoms with Crippen LogP contribution < -0.4 is 5.32 Å². The van der Waals surface area contributed by atoms with Crippen LogP contribution in [0.5, 0.6) is 0 Å². The number of halogens is 1. The molecule has 0 saturated heterocycles. The first-order valence-electron chi connectivity index (χ1n) is 6.94. The van der Waals surface area contributed by atoms with Crippen molar-refractivity contribution in [2.24, 2.45) is 0 Å². The Morgan fingerprint density at radius 3 is 2.55 bits per heavy atom. The van der Waals surface area contributed by atoms with Crippen LogP contribution in [0.15, 0.2) is 53.4 Å². The Bertz CT molecular complexity index is 616. The second-order valence-electron chi connectivity index (χ2n) is 4.63. The lowest BCUT2D eigenvalue weighted by Gasteiger charge is -2.06. The molecule has 0 radical (unpaired) electrons. The predicted molar refractivity (Wildman–Crippen MR) is 93.1 cm³/mol. The van der Waals surface area contributed by atoms with E-state index >= 15 is 0 Å². The van der Waals surface area contributed by atoms with Crippen molar-refractivity contribution in [2.75, 3.05) is 18.6 Å². The first kappa shape index (κ1) is 16.9. The van der Waals surface area contributed by atoms with E-state index in [1.54, 1.807) is 35.7 Å². The Hall–Kier alpha value is -1.46. The molecule has 0 saturated carbocycles. The van der Waals surface area contributed by atoms with Crippen LogP contribution >= 0.6 is 23.5 Å². The molecule has 0 aliphatic rings. The van der Waals surface area contributed by atoms with Gasteiger partial charge in [-0.3, -0.25) is 4.79 Å². The highest BCUT2D eigenvalue weighted by molar-refractivity contribution is 7.98. The van der Waals surface area contributed by atoms with E-state index in [9.17, 15) is 9.18 Å². The van der Waals surface area contributed by atoms with E-state index in [4.69, 9.17) is 0 Å². The van der Waals surface area contributed by atoms with Gasteiger partial charge < -0.3 is 5.32 Å². The molecule has 0 unspecified atom stereocenters. The van der Waals surface area contributed by atoms with Gasteiger partial charge in [0.2, 0.25) is 0 Å². The summed E-state index contributed by atoms with van der Waals surface area (Å²) in [4.78, 5) is 13.1. The third-order valence-corrected chi connectivity index (χ3v) is 4.85. The molecule has 1 N–H and O–H groups in total. The second-order valence-corrected chi connectivity index (χ2v) is 6.61. The van der Waals surface area contributed by atoms with E-state index in [0.29, 0.717) is 23.4 Å². The zero-order chi connectivity index (χ0) is 15.8. The second kappa shape index (κ2) is 8.86. The van der Waals surface area contributed by atoms with Crippen LogP contribution in [0.25, 0.3) is 0 Å². The molecule has 116 valence electrons. The fourth-order valence-electron chi connectivity index (χ4n) is 1.88. The molecule has 0 aliphatic carbocycles. The highest BCUT2D eigenvalue weighted by Gasteiger charge is 2.05. The maximum Gasteiger partial charge on any atom is 0.251 e. The number of benzene rings is 2. The van der Waals surface area contributed by atoms with Crippen LogP contribution in [-0.4, -0.2) is 24.5 Å². The summed E-state index contributed by atoms with van der Waals surface area (Å²) in [6, 6.07) is 14.3. The number of carbonyl (C=O) groups is 1. The van der Waals surface area contributed by atoms with Gasteiger partial charge in [0, 0.05) is 28.5 Å². The Balaban J connectivity index is 1.70. The van der Waals surface area contributed by atoms with Crippen molar-refractivity contribution >= 4 is 29.4 Å². The third-order valence-electron chi connectivity index (χ3n) is 3.10. The summed E-state index contributed by atoms with van der Waals surface area (Å²) in [5.74, 6) is 1.13. The van der Waals surface area contributed by atoms with Gasteiger partial charge in [-0.05, 0) is 42.2 Å². The Morgan fingerprint density at radius 1 is 1.14 bits per heavy atom. The predicted octanol–water partition coefficient (Wildman–Crippen LogP) is 4.21. The van der Waals surface area contributed by atoms with E-state index in [0.717, 1.165) is 10.6 Å². The molecule has 0 heterocycles. The van der Waals surface area contributed by atoms with Crippen molar-refractivity contribution in [1.29, 1.82) is 0 Å². The van der Waals surface area contributed by atoms with Crippen molar-refractivity contribution < 1.29 is 9.18 Å². The Labute approximate surface area is 138 Å². The van der Waals surface area contributed by atoms with Crippen LogP contribution in [0, 0.1) is 5.82 Å². The van der Waals surface area contributed by atoms with Gasteiger partial charge in [-0.25, -0.2) is 4.39 Å². The van der Waals surface area contributed by atoms with Crippen molar-refractivity contribution in [3.05, 3.63) is 65.5 Å². The summed E-state index contributed by atoms with van der Waals surface area (Å²) < 4.78 is 13.4. The molecule has 2 aromatic rings. The maximum absolute atomic E-state index is 13.4. The largest absolute Gasteiger partial charge is 0.351 e. The lowest BCUT2D eigenvalue weighted by atomic mass is 10.2. The highest BCUT2D eigenvalue weighted by Crippen LogP contribution is 2.16. The number of amides is 1.